The fourth-order valence-corrected chi connectivity index (χ4v) is 1.75. The lowest BCUT2D eigenvalue weighted by atomic mass is 10.1. The van der Waals surface area contributed by atoms with Crippen molar-refractivity contribution in [2.75, 3.05) is 18.5 Å². The largest absolute Gasteiger partial charge is 0.466 e. The van der Waals surface area contributed by atoms with E-state index < -0.39 is 0 Å². The van der Waals surface area contributed by atoms with Crippen molar-refractivity contribution >= 4 is 40.5 Å². The van der Waals surface area contributed by atoms with Crippen LogP contribution in [0.15, 0.2) is 18.2 Å². The van der Waals surface area contributed by atoms with Crippen LogP contribution in [-0.4, -0.2) is 24.1 Å². The third kappa shape index (κ3) is 4.50. The normalized spacial score (nSPS) is 9.89. The van der Waals surface area contributed by atoms with E-state index in [0.717, 1.165) is 5.69 Å². The van der Waals surface area contributed by atoms with Gasteiger partial charge >= 0.3 is 5.97 Å². The number of esters is 1. The van der Waals surface area contributed by atoms with Gasteiger partial charge in [0, 0.05) is 22.8 Å². The first kappa shape index (κ1) is 14.7. The Balaban J connectivity index is 2.62. The molecule has 1 aromatic carbocycles. The van der Waals surface area contributed by atoms with Gasteiger partial charge in [0.25, 0.3) is 0 Å². The van der Waals surface area contributed by atoms with E-state index in [4.69, 9.17) is 34.3 Å². The molecular formula is C12H15ClN2O2S. The van der Waals surface area contributed by atoms with Crippen LogP contribution in [0.3, 0.4) is 0 Å². The standard InChI is InChI=1S/C12H15ClN2O2S/c1-2-17-11(16)5-6-15-10-4-3-8(13)7-9(10)12(14)18/h3-4,7,15H,2,5-6H2,1H3,(H2,14,18). The van der Waals surface area contributed by atoms with E-state index >= 15 is 0 Å². The quantitative estimate of drug-likeness (QED) is 0.621. The van der Waals surface area contributed by atoms with Gasteiger partial charge in [-0.05, 0) is 25.1 Å². The molecular weight excluding hydrogens is 272 g/mol. The SMILES string of the molecule is CCOC(=O)CCNc1ccc(Cl)cc1C(N)=S. The van der Waals surface area contributed by atoms with Gasteiger partial charge in [-0.1, -0.05) is 23.8 Å². The topological polar surface area (TPSA) is 64.3 Å². The van der Waals surface area contributed by atoms with Crippen LogP contribution in [0.25, 0.3) is 0 Å². The minimum Gasteiger partial charge on any atom is -0.466 e. The van der Waals surface area contributed by atoms with Crippen molar-refractivity contribution in [3.05, 3.63) is 28.8 Å². The number of hydrogen-bond donors (Lipinski definition) is 2. The minimum atomic E-state index is -0.240. The molecule has 6 heteroatoms. The predicted octanol–water partition coefficient (Wildman–Crippen LogP) is 2.34. The van der Waals surface area contributed by atoms with Gasteiger partial charge < -0.3 is 15.8 Å². The highest BCUT2D eigenvalue weighted by atomic mass is 35.5. The van der Waals surface area contributed by atoms with Crippen LogP contribution in [0.2, 0.25) is 5.02 Å². The Bertz CT molecular complexity index is 452. The Morgan fingerprint density at radius 3 is 2.89 bits per heavy atom. The highest BCUT2D eigenvalue weighted by molar-refractivity contribution is 7.80. The summed E-state index contributed by atoms with van der Waals surface area (Å²) < 4.78 is 4.83. The summed E-state index contributed by atoms with van der Waals surface area (Å²) in [4.78, 5) is 11.4. The third-order valence-corrected chi connectivity index (χ3v) is 2.65. The number of nitrogens with two attached hydrogens (primary N) is 1. The average Bonchev–Trinajstić information content (AvgIpc) is 2.31. The van der Waals surface area contributed by atoms with E-state index in [1.165, 1.54) is 0 Å². The summed E-state index contributed by atoms with van der Waals surface area (Å²) in [6.45, 7) is 2.61. The van der Waals surface area contributed by atoms with Crippen molar-refractivity contribution in [3.63, 3.8) is 0 Å². The fraction of sp³-hybridized carbons (Fsp3) is 0.333. The van der Waals surface area contributed by atoms with Crippen LogP contribution in [0.1, 0.15) is 18.9 Å². The van der Waals surface area contributed by atoms with Gasteiger partial charge in [-0.2, -0.15) is 0 Å². The molecule has 0 aliphatic heterocycles. The zero-order chi connectivity index (χ0) is 13.5. The van der Waals surface area contributed by atoms with Crippen molar-refractivity contribution in [1.29, 1.82) is 0 Å². The van der Waals surface area contributed by atoms with Crippen LogP contribution in [-0.2, 0) is 9.53 Å². The molecule has 0 aliphatic carbocycles. The number of hydrogen-bond acceptors (Lipinski definition) is 4. The van der Waals surface area contributed by atoms with Crippen molar-refractivity contribution in [3.8, 4) is 0 Å². The van der Waals surface area contributed by atoms with E-state index in [2.05, 4.69) is 5.32 Å². The Morgan fingerprint density at radius 2 is 2.28 bits per heavy atom. The molecule has 0 aliphatic rings. The number of benzene rings is 1. The lowest BCUT2D eigenvalue weighted by Crippen LogP contribution is -2.16. The highest BCUT2D eigenvalue weighted by Crippen LogP contribution is 2.20. The van der Waals surface area contributed by atoms with Gasteiger partial charge in [-0.25, -0.2) is 0 Å². The Labute approximate surface area is 116 Å². The number of rotatable bonds is 6. The zero-order valence-electron chi connectivity index (χ0n) is 10.0. The monoisotopic (exact) mass is 286 g/mol. The first-order valence-electron chi connectivity index (χ1n) is 5.53. The van der Waals surface area contributed by atoms with E-state index in [1.54, 1.807) is 25.1 Å². The van der Waals surface area contributed by atoms with E-state index in [1.807, 2.05) is 0 Å². The second kappa shape index (κ2) is 7.18. The predicted molar refractivity (Wildman–Crippen MR) is 77.1 cm³/mol. The lowest BCUT2D eigenvalue weighted by Gasteiger charge is -2.11. The Morgan fingerprint density at radius 1 is 1.56 bits per heavy atom. The highest BCUT2D eigenvalue weighted by Gasteiger charge is 2.07. The number of halogens is 1. The second-order valence-corrected chi connectivity index (χ2v) is 4.41. The molecule has 98 valence electrons. The van der Waals surface area contributed by atoms with Crippen molar-refractivity contribution < 1.29 is 9.53 Å². The summed E-state index contributed by atoms with van der Waals surface area (Å²) in [5.41, 5.74) is 7.03. The van der Waals surface area contributed by atoms with Crippen LogP contribution >= 0.6 is 23.8 Å². The first-order valence-corrected chi connectivity index (χ1v) is 6.32. The van der Waals surface area contributed by atoms with Crippen LogP contribution in [0.5, 0.6) is 0 Å². The smallest absolute Gasteiger partial charge is 0.307 e. The number of thiocarbonyl (C=S) groups is 1. The van der Waals surface area contributed by atoms with Crippen LogP contribution < -0.4 is 11.1 Å². The van der Waals surface area contributed by atoms with Gasteiger partial charge in [0.15, 0.2) is 0 Å². The molecule has 0 unspecified atom stereocenters. The molecule has 4 nitrogen and oxygen atoms in total. The van der Waals surface area contributed by atoms with E-state index in [-0.39, 0.29) is 17.4 Å². The molecule has 1 rings (SSSR count). The number of nitrogens with one attached hydrogen (secondary N) is 1. The minimum absolute atomic E-state index is 0.240. The summed E-state index contributed by atoms with van der Waals surface area (Å²) >= 11 is 10.8. The summed E-state index contributed by atoms with van der Waals surface area (Å²) in [5, 5.41) is 3.65. The molecule has 0 saturated heterocycles. The van der Waals surface area contributed by atoms with Gasteiger partial charge in [-0.3, -0.25) is 4.79 Å². The molecule has 0 radical (unpaired) electrons. The molecule has 1 aromatic rings. The lowest BCUT2D eigenvalue weighted by molar-refractivity contribution is -0.142. The molecule has 0 aromatic heterocycles. The molecule has 18 heavy (non-hydrogen) atoms. The summed E-state index contributed by atoms with van der Waals surface area (Å²) in [6.07, 6.45) is 0.285. The summed E-state index contributed by atoms with van der Waals surface area (Å²) in [6, 6.07) is 5.20. The van der Waals surface area contributed by atoms with Crippen molar-refractivity contribution in [2.45, 2.75) is 13.3 Å². The maximum Gasteiger partial charge on any atom is 0.307 e. The van der Waals surface area contributed by atoms with Crippen LogP contribution in [0.4, 0.5) is 5.69 Å². The molecule has 3 N–H and O–H groups in total. The van der Waals surface area contributed by atoms with E-state index in [0.29, 0.717) is 23.7 Å². The maximum absolute atomic E-state index is 11.2. The molecule has 0 amide bonds. The molecule has 0 bridgehead atoms. The number of carbonyl (C=O) groups excluding carboxylic acids is 1. The number of carbonyl (C=O) groups is 1. The Kier molecular flexibility index (Phi) is 5.88. The molecule has 0 fully saturated rings. The second-order valence-electron chi connectivity index (χ2n) is 3.54. The molecule has 0 heterocycles. The fourth-order valence-electron chi connectivity index (χ4n) is 1.41. The first-order chi connectivity index (χ1) is 8.54. The van der Waals surface area contributed by atoms with Gasteiger partial charge in [-0.15, -0.1) is 0 Å². The van der Waals surface area contributed by atoms with Crippen molar-refractivity contribution in [1.82, 2.24) is 0 Å². The van der Waals surface area contributed by atoms with Crippen molar-refractivity contribution in [2.24, 2.45) is 5.73 Å². The van der Waals surface area contributed by atoms with Gasteiger partial charge in [0.05, 0.1) is 13.0 Å². The molecule has 0 spiro atoms. The maximum atomic E-state index is 11.2. The number of anilines is 1. The van der Waals surface area contributed by atoms with Gasteiger partial charge in [0.2, 0.25) is 0 Å². The molecule has 0 saturated carbocycles. The summed E-state index contributed by atoms with van der Waals surface area (Å²) in [5.74, 6) is -0.240. The van der Waals surface area contributed by atoms with E-state index in [9.17, 15) is 4.79 Å². The van der Waals surface area contributed by atoms with Gasteiger partial charge in [0.1, 0.15) is 4.99 Å². The van der Waals surface area contributed by atoms with Crippen LogP contribution in [0, 0.1) is 0 Å². The third-order valence-electron chi connectivity index (χ3n) is 2.20. The Hall–Kier alpha value is -1.33. The zero-order valence-corrected chi connectivity index (χ0v) is 11.6. The average molecular weight is 287 g/mol. The number of ether oxygens (including phenoxy) is 1. The molecule has 0 atom stereocenters. The summed E-state index contributed by atoms with van der Waals surface area (Å²) in [7, 11) is 0.